The second-order valence-corrected chi connectivity index (χ2v) is 2.60. The van der Waals surface area contributed by atoms with Crippen molar-refractivity contribution in [3.8, 4) is 0 Å². The molecule has 52 valence electrons. The molecule has 0 spiro atoms. The molecular formula is C8H8OS. The lowest BCUT2D eigenvalue weighted by molar-refractivity contribution is 0.557. The first-order valence-electron chi connectivity index (χ1n) is 3.01. The number of hydrogen-bond donors (Lipinski definition) is 0. The third kappa shape index (κ3) is 2.15. The van der Waals surface area contributed by atoms with Gasteiger partial charge in [-0.1, -0.05) is 12.2 Å². The van der Waals surface area contributed by atoms with Crippen molar-refractivity contribution in [3.05, 3.63) is 30.2 Å². The molecule has 2 heteroatoms. The van der Waals surface area contributed by atoms with Crippen molar-refractivity contribution in [1.29, 1.82) is 0 Å². The average Bonchev–Trinajstić information content (AvgIpc) is 2.34. The molecule has 1 nitrogen and oxygen atoms in total. The number of rotatable bonds is 2. The van der Waals surface area contributed by atoms with Crippen molar-refractivity contribution in [2.75, 3.05) is 0 Å². The Morgan fingerprint density at radius 2 is 2.50 bits per heavy atom. The van der Waals surface area contributed by atoms with Crippen LogP contribution in [-0.4, -0.2) is 4.86 Å². The highest BCUT2D eigenvalue weighted by atomic mass is 32.1. The van der Waals surface area contributed by atoms with Gasteiger partial charge in [-0.3, -0.25) is 0 Å². The van der Waals surface area contributed by atoms with E-state index in [9.17, 15) is 0 Å². The predicted octanol–water partition coefficient (Wildman–Crippen LogP) is 2.68. The largest absolute Gasteiger partial charge is 0.465 e. The van der Waals surface area contributed by atoms with Crippen LogP contribution < -0.4 is 0 Å². The highest BCUT2D eigenvalue weighted by molar-refractivity contribution is 7.80. The van der Waals surface area contributed by atoms with E-state index < -0.39 is 0 Å². The van der Waals surface area contributed by atoms with Gasteiger partial charge < -0.3 is 4.42 Å². The van der Waals surface area contributed by atoms with E-state index in [2.05, 4.69) is 0 Å². The Kier molecular flexibility index (Phi) is 2.40. The highest BCUT2D eigenvalue weighted by Gasteiger charge is 1.85. The van der Waals surface area contributed by atoms with Gasteiger partial charge >= 0.3 is 0 Å². The van der Waals surface area contributed by atoms with E-state index in [1.54, 1.807) is 6.26 Å². The molecule has 1 heterocycles. The van der Waals surface area contributed by atoms with Gasteiger partial charge in [0.1, 0.15) is 5.76 Å². The standard InChI is InChI=1S/C8H8OS/c1-7(10)4-5-8-3-2-6-9-8/h2-6H,1H3. The minimum absolute atomic E-state index is 0.837. The van der Waals surface area contributed by atoms with Gasteiger partial charge in [0.25, 0.3) is 0 Å². The number of furan rings is 1. The maximum atomic E-state index is 5.04. The molecule has 0 fully saturated rings. The molecule has 10 heavy (non-hydrogen) atoms. The van der Waals surface area contributed by atoms with Crippen molar-refractivity contribution >= 4 is 23.2 Å². The average molecular weight is 152 g/mol. The van der Waals surface area contributed by atoms with Crippen LogP contribution in [0.25, 0.3) is 6.08 Å². The maximum Gasteiger partial charge on any atom is 0.126 e. The summed E-state index contributed by atoms with van der Waals surface area (Å²) in [4.78, 5) is 0.858. The molecule has 0 saturated heterocycles. The summed E-state index contributed by atoms with van der Waals surface area (Å²) in [5, 5.41) is 0. The van der Waals surface area contributed by atoms with E-state index >= 15 is 0 Å². The van der Waals surface area contributed by atoms with Crippen molar-refractivity contribution < 1.29 is 4.42 Å². The summed E-state index contributed by atoms with van der Waals surface area (Å²) in [7, 11) is 0. The summed E-state index contributed by atoms with van der Waals surface area (Å²) in [5.74, 6) is 0.837. The van der Waals surface area contributed by atoms with Crippen molar-refractivity contribution in [2.24, 2.45) is 0 Å². The smallest absolute Gasteiger partial charge is 0.126 e. The second kappa shape index (κ2) is 3.32. The van der Waals surface area contributed by atoms with Crippen LogP contribution in [0.1, 0.15) is 12.7 Å². The summed E-state index contributed by atoms with van der Waals surface area (Å²) < 4.78 is 5.04. The van der Waals surface area contributed by atoms with Crippen molar-refractivity contribution in [3.63, 3.8) is 0 Å². The monoisotopic (exact) mass is 152 g/mol. The fraction of sp³-hybridized carbons (Fsp3) is 0.125. The van der Waals surface area contributed by atoms with Crippen LogP contribution in [-0.2, 0) is 0 Å². The topological polar surface area (TPSA) is 13.1 Å². The molecule has 0 N–H and O–H groups in total. The van der Waals surface area contributed by atoms with Crippen LogP contribution in [0.2, 0.25) is 0 Å². The zero-order valence-electron chi connectivity index (χ0n) is 5.70. The molecule has 1 rings (SSSR count). The molecule has 0 amide bonds. The molecule has 1 aromatic rings. The summed E-state index contributed by atoms with van der Waals surface area (Å²) in [6.45, 7) is 1.87. The van der Waals surface area contributed by atoms with E-state index in [1.165, 1.54) is 0 Å². The van der Waals surface area contributed by atoms with E-state index in [1.807, 2.05) is 31.2 Å². The fourth-order valence-electron chi connectivity index (χ4n) is 0.586. The SMILES string of the molecule is CC(=S)C=Cc1ccco1. The second-order valence-electron chi connectivity index (χ2n) is 1.96. The summed E-state index contributed by atoms with van der Waals surface area (Å²) in [6.07, 6.45) is 5.33. The number of hydrogen-bond acceptors (Lipinski definition) is 2. The van der Waals surface area contributed by atoms with Crippen LogP contribution in [0.4, 0.5) is 0 Å². The normalized spacial score (nSPS) is 10.5. The van der Waals surface area contributed by atoms with Gasteiger partial charge in [0.15, 0.2) is 0 Å². The van der Waals surface area contributed by atoms with Crippen LogP contribution in [0.15, 0.2) is 28.9 Å². The van der Waals surface area contributed by atoms with Crippen molar-refractivity contribution in [1.82, 2.24) is 0 Å². The van der Waals surface area contributed by atoms with Crippen LogP contribution >= 0.6 is 12.2 Å². The molecule has 0 bridgehead atoms. The van der Waals surface area contributed by atoms with Gasteiger partial charge in [0.2, 0.25) is 0 Å². The first-order chi connectivity index (χ1) is 4.79. The molecule has 0 aromatic carbocycles. The summed E-state index contributed by atoms with van der Waals surface area (Å²) in [6, 6.07) is 3.73. The molecule has 0 saturated carbocycles. The van der Waals surface area contributed by atoms with E-state index in [0.717, 1.165) is 10.6 Å². The fourth-order valence-corrected chi connectivity index (χ4v) is 0.654. The van der Waals surface area contributed by atoms with Gasteiger partial charge in [-0.2, -0.15) is 0 Å². The summed E-state index contributed by atoms with van der Waals surface area (Å²) >= 11 is 4.84. The first kappa shape index (κ1) is 7.22. The number of allylic oxidation sites excluding steroid dienone is 1. The first-order valence-corrected chi connectivity index (χ1v) is 3.42. The van der Waals surface area contributed by atoms with Gasteiger partial charge in [0.05, 0.1) is 6.26 Å². The minimum Gasteiger partial charge on any atom is -0.465 e. The van der Waals surface area contributed by atoms with Crippen LogP contribution in [0, 0.1) is 0 Å². The third-order valence-electron chi connectivity index (χ3n) is 1.03. The molecule has 1 aromatic heterocycles. The van der Waals surface area contributed by atoms with E-state index in [4.69, 9.17) is 16.6 Å². The molecule has 0 atom stereocenters. The molecule has 0 aliphatic rings. The predicted molar refractivity (Wildman–Crippen MR) is 46.0 cm³/mol. The molecule has 0 aliphatic carbocycles. The zero-order valence-corrected chi connectivity index (χ0v) is 6.52. The Balaban J connectivity index is 2.64. The Morgan fingerprint density at radius 3 is 3.00 bits per heavy atom. The highest BCUT2D eigenvalue weighted by Crippen LogP contribution is 2.01. The lowest BCUT2D eigenvalue weighted by atomic mass is 10.3. The van der Waals surface area contributed by atoms with Crippen LogP contribution in [0.5, 0.6) is 0 Å². The number of thiocarbonyl (C=S) groups is 1. The zero-order chi connectivity index (χ0) is 7.40. The summed E-state index contributed by atoms with van der Waals surface area (Å²) in [5.41, 5.74) is 0. The van der Waals surface area contributed by atoms with Gasteiger partial charge in [-0.15, -0.1) is 0 Å². The Bertz CT molecular complexity index is 234. The lowest BCUT2D eigenvalue weighted by Crippen LogP contribution is -1.73. The third-order valence-corrected chi connectivity index (χ3v) is 1.16. The Labute approximate surface area is 65.4 Å². The van der Waals surface area contributed by atoms with Crippen LogP contribution in [0.3, 0.4) is 0 Å². The minimum atomic E-state index is 0.837. The van der Waals surface area contributed by atoms with Gasteiger partial charge in [0, 0.05) is 4.86 Å². The van der Waals surface area contributed by atoms with Gasteiger partial charge in [-0.25, -0.2) is 0 Å². The lowest BCUT2D eigenvalue weighted by Gasteiger charge is -1.81. The molecule has 0 aliphatic heterocycles. The van der Waals surface area contributed by atoms with E-state index in [-0.39, 0.29) is 0 Å². The van der Waals surface area contributed by atoms with E-state index in [0.29, 0.717) is 0 Å². The molecule has 0 unspecified atom stereocenters. The van der Waals surface area contributed by atoms with Crippen molar-refractivity contribution in [2.45, 2.75) is 6.92 Å². The Hall–Kier alpha value is -0.890. The Morgan fingerprint density at radius 1 is 1.70 bits per heavy atom. The van der Waals surface area contributed by atoms with Gasteiger partial charge in [-0.05, 0) is 31.2 Å². The maximum absolute atomic E-state index is 5.04. The quantitative estimate of drug-likeness (QED) is 0.477. The molecular weight excluding hydrogens is 144 g/mol. The molecule has 0 radical (unpaired) electrons.